The van der Waals surface area contributed by atoms with E-state index in [1.165, 1.54) is 24.4 Å². The first kappa shape index (κ1) is 15.6. The van der Waals surface area contributed by atoms with Crippen LogP contribution in [0.15, 0.2) is 39.8 Å². The van der Waals surface area contributed by atoms with Crippen molar-refractivity contribution in [2.45, 2.75) is 11.8 Å². The van der Waals surface area contributed by atoms with Crippen molar-refractivity contribution in [3.05, 3.63) is 50.7 Å². The summed E-state index contributed by atoms with van der Waals surface area (Å²) in [7, 11) is -3.70. The molecule has 106 valence electrons. The van der Waals surface area contributed by atoms with Crippen molar-refractivity contribution in [3.63, 3.8) is 0 Å². The summed E-state index contributed by atoms with van der Waals surface area (Å²) in [6.45, 7) is 1.74. The highest BCUT2D eigenvalue weighted by Gasteiger charge is 2.16. The minimum atomic E-state index is -3.70. The summed E-state index contributed by atoms with van der Waals surface area (Å²) in [6.07, 6.45) is 1.36. The molecular weight excluding hydrogens is 387 g/mol. The lowest BCUT2D eigenvalue weighted by atomic mass is 10.3. The van der Waals surface area contributed by atoms with Gasteiger partial charge in [-0.3, -0.25) is 4.72 Å². The lowest BCUT2D eigenvalue weighted by Gasteiger charge is -2.09. The molecule has 0 bridgehead atoms. The van der Waals surface area contributed by atoms with Crippen LogP contribution in [0.25, 0.3) is 0 Å². The van der Waals surface area contributed by atoms with E-state index >= 15 is 0 Å². The molecule has 4 nitrogen and oxygen atoms in total. The third-order valence-corrected chi connectivity index (χ3v) is 5.46. The second kappa shape index (κ2) is 5.89. The van der Waals surface area contributed by atoms with Crippen molar-refractivity contribution in [3.8, 4) is 0 Å². The first-order chi connectivity index (χ1) is 9.29. The van der Waals surface area contributed by atoms with Crippen LogP contribution in [0.3, 0.4) is 0 Å². The van der Waals surface area contributed by atoms with E-state index in [-0.39, 0.29) is 4.90 Å². The van der Waals surface area contributed by atoms with Gasteiger partial charge in [0.1, 0.15) is 5.15 Å². The van der Waals surface area contributed by atoms with E-state index in [1.54, 1.807) is 13.0 Å². The molecule has 0 aliphatic rings. The Morgan fingerprint density at radius 2 is 1.95 bits per heavy atom. The number of pyridine rings is 1. The van der Waals surface area contributed by atoms with Crippen molar-refractivity contribution < 1.29 is 8.42 Å². The normalized spacial score (nSPS) is 11.4. The summed E-state index contributed by atoms with van der Waals surface area (Å²) in [6, 6.07) is 5.97. The Morgan fingerprint density at radius 1 is 1.25 bits per heavy atom. The summed E-state index contributed by atoms with van der Waals surface area (Å²) >= 11 is 14.8. The van der Waals surface area contributed by atoms with Crippen LogP contribution in [-0.4, -0.2) is 13.4 Å². The molecular formula is C12H9BrCl2N2O2S. The SMILES string of the molecule is Cc1cc(NS(=O)(=O)c2ccc(Cl)c(Br)c2)cnc1Cl. The third kappa shape index (κ3) is 3.44. The monoisotopic (exact) mass is 394 g/mol. The number of aryl methyl sites for hydroxylation is 1. The van der Waals surface area contributed by atoms with Gasteiger partial charge in [0.05, 0.1) is 21.8 Å². The number of anilines is 1. The second-order valence-corrected chi connectivity index (χ2v) is 7.32. The first-order valence-electron chi connectivity index (χ1n) is 5.39. The molecule has 20 heavy (non-hydrogen) atoms. The largest absolute Gasteiger partial charge is 0.278 e. The van der Waals surface area contributed by atoms with E-state index in [1.807, 2.05) is 0 Å². The molecule has 2 aromatic rings. The molecule has 1 N–H and O–H groups in total. The van der Waals surface area contributed by atoms with E-state index in [0.717, 1.165) is 0 Å². The van der Waals surface area contributed by atoms with Crippen LogP contribution in [0.2, 0.25) is 10.2 Å². The van der Waals surface area contributed by atoms with Gasteiger partial charge in [0.15, 0.2) is 0 Å². The van der Waals surface area contributed by atoms with Crippen molar-refractivity contribution in [1.82, 2.24) is 4.98 Å². The lowest BCUT2D eigenvalue weighted by molar-refractivity contribution is 0.601. The molecule has 1 aromatic carbocycles. The molecule has 0 spiro atoms. The molecule has 0 aliphatic carbocycles. The molecule has 1 heterocycles. The molecule has 0 unspecified atom stereocenters. The van der Waals surface area contributed by atoms with Crippen LogP contribution < -0.4 is 4.72 Å². The predicted molar refractivity (Wildman–Crippen MR) is 83.9 cm³/mol. The Morgan fingerprint density at radius 3 is 2.55 bits per heavy atom. The molecule has 2 rings (SSSR count). The number of hydrogen-bond donors (Lipinski definition) is 1. The van der Waals surface area contributed by atoms with Gasteiger partial charge in [-0.15, -0.1) is 0 Å². The van der Waals surface area contributed by atoms with Crippen LogP contribution >= 0.6 is 39.1 Å². The van der Waals surface area contributed by atoms with Crippen LogP contribution in [0.5, 0.6) is 0 Å². The summed E-state index contributed by atoms with van der Waals surface area (Å²) in [4.78, 5) is 3.99. The highest BCUT2D eigenvalue weighted by Crippen LogP contribution is 2.26. The van der Waals surface area contributed by atoms with Crippen LogP contribution in [0.1, 0.15) is 5.56 Å². The molecule has 0 saturated carbocycles. The maximum Gasteiger partial charge on any atom is 0.261 e. The Kier molecular flexibility index (Phi) is 4.59. The van der Waals surface area contributed by atoms with E-state index in [2.05, 4.69) is 25.6 Å². The van der Waals surface area contributed by atoms with Crippen molar-refractivity contribution in [2.75, 3.05) is 4.72 Å². The van der Waals surface area contributed by atoms with Gasteiger partial charge in [-0.05, 0) is 52.7 Å². The number of halogens is 3. The quantitative estimate of drug-likeness (QED) is 0.789. The van der Waals surface area contributed by atoms with Crippen molar-refractivity contribution in [2.24, 2.45) is 0 Å². The first-order valence-corrected chi connectivity index (χ1v) is 8.43. The predicted octanol–water partition coefficient (Wildman–Crippen LogP) is 4.26. The minimum Gasteiger partial charge on any atom is -0.278 e. The molecule has 0 radical (unpaired) electrons. The average Bonchev–Trinajstić information content (AvgIpc) is 2.37. The zero-order valence-electron chi connectivity index (χ0n) is 10.2. The number of rotatable bonds is 3. The Hall–Kier alpha value is -0.820. The summed E-state index contributed by atoms with van der Waals surface area (Å²) < 4.78 is 27.4. The van der Waals surface area contributed by atoms with Crippen molar-refractivity contribution in [1.29, 1.82) is 0 Å². The molecule has 0 atom stereocenters. The molecule has 0 saturated heterocycles. The van der Waals surface area contributed by atoms with Gasteiger partial charge in [0.25, 0.3) is 10.0 Å². The number of hydrogen-bond acceptors (Lipinski definition) is 3. The third-order valence-electron chi connectivity index (χ3n) is 2.47. The molecule has 0 aliphatic heterocycles. The van der Waals surface area contributed by atoms with Gasteiger partial charge in [0.2, 0.25) is 0 Å². The number of benzene rings is 1. The molecule has 0 fully saturated rings. The van der Waals surface area contributed by atoms with E-state index in [4.69, 9.17) is 23.2 Å². The molecule has 0 amide bonds. The van der Waals surface area contributed by atoms with E-state index in [0.29, 0.717) is 25.9 Å². The van der Waals surface area contributed by atoms with Gasteiger partial charge >= 0.3 is 0 Å². The smallest absolute Gasteiger partial charge is 0.261 e. The highest BCUT2D eigenvalue weighted by molar-refractivity contribution is 9.10. The minimum absolute atomic E-state index is 0.0985. The summed E-state index contributed by atoms with van der Waals surface area (Å²) in [5, 5.41) is 0.773. The lowest BCUT2D eigenvalue weighted by Crippen LogP contribution is -2.13. The zero-order valence-corrected chi connectivity index (χ0v) is 14.1. The van der Waals surface area contributed by atoms with Crippen LogP contribution in [-0.2, 0) is 10.0 Å². The average molecular weight is 396 g/mol. The van der Waals surface area contributed by atoms with Gasteiger partial charge in [-0.2, -0.15) is 0 Å². The molecule has 1 aromatic heterocycles. The number of nitrogens with zero attached hydrogens (tertiary/aromatic N) is 1. The standard InChI is InChI=1S/C12H9BrCl2N2O2S/c1-7-4-8(6-16-12(7)15)17-20(18,19)9-2-3-11(14)10(13)5-9/h2-6,17H,1H3. The maximum absolute atomic E-state index is 12.2. The van der Waals surface area contributed by atoms with Gasteiger partial charge in [-0.25, -0.2) is 13.4 Å². The van der Waals surface area contributed by atoms with Crippen LogP contribution in [0.4, 0.5) is 5.69 Å². The Bertz CT molecular complexity index is 766. The number of aromatic nitrogens is 1. The van der Waals surface area contributed by atoms with Gasteiger partial charge in [-0.1, -0.05) is 23.2 Å². The topological polar surface area (TPSA) is 59.1 Å². The zero-order chi connectivity index (χ0) is 14.9. The fourth-order valence-corrected chi connectivity index (χ4v) is 3.28. The van der Waals surface area contributed by atoms with E-state index < -0.39 is 10.0 Å². The number of sulfonamides is 1. The van der Waals surface area contributed by atoms with Crippen molar-refractivity contribution >= 4 is 54.8 Å². The van der Waals surface area contributed by atoms with Crippen LogP contribution in [0, 0.1) is 6.92 Å². The highest BCUT2D eigenvalue weighted by atomic mass is 79.9. The van der Waals surface area contributed by atoms with Gasteiger partial charge in [0, 0.05) is 4.47 Å². The summed E-state index contributed by atoms with van der Waals surface area (Å²) in [5.74, 6) is 0. The summed E-state index contributed by atoms with van der Waals surface area (Å²) in [5.41, 5.74) is 1.03. The fourth-order valence-electron chi connectivity index (χ4n) is 1.47. The maximum atomic E-state index is 12.2. The van der Waals surface area contributed by atoms with Gasteiger partial charge < -0.3 is 0 Å². The Balaban J connectivity index is 2.35. The molecule has 8 heteroatoms. The Labute approximate surface area is 135 Å². The van der Waals surface area contributed by atoms with E-state index in [9.17, 15) is 8.42 Å². The fraction of sp³-hybridized carbons (Fsp3) is 0.0833. The second-order valence-electron chi connectivity index (χ2n) is 4.01. The number of nitrogens with one attached hydrogen (secondary N) is 1.